The highest BCUT2D eigenvalue weighted by atomic mass is 16.8. The zero-order valence-corrected chi connectivity index (χ0v) is 26.7. The van der Waals surface area contributed by atoms with Crippen molar-refractivity contribution in [2.45, 2.75) is 40.0 Å². The molecule has 9 nitrogen and oxygen atoms in total. The molecule has 3 rings (SSSR count). The Hall–Kier alpha value is -4.47. The van der Waals surface area contributed by atoms with Gasteiger partial charge in [0, 0.05) is 42.3 Å². The van der Waals surface area contributed by atoms with Crippen molar-refractivity contribution in [2.75, 3.05) is 57.0 Å². The van der Waals surface area contributed by atoms with Gasteiger partial charge in [-0.2, -0.15) is 0 Å². The van der Waals surface area contributed by atoms with Crippen LogP contribution in [0.25, 0.3) is 0 Å². The number of nitrogens with zero attached hydrogens (tertiary/aromatic N) is 3. The number of carbonyl (C=O) groups is 3. The van der Waals surface area contributed by atoms with E-state index < -0.39 is 25.2 Å². The summed E-state index contributed by atoms with van der Waals surface area (Å²) in [6, 6.07) is 15.9. The van der Waals surface area contributed by atoms with Crippen molar-refractivity contribution in [1.82, 2.24) is 0 Å². The highest BCUT2D eigenvalue weighted by molar-refractivity contribution is 6.46. The minimum Gasteiger partial charge on any atom is -0.458 e. The van der Waals surface area contributed by atoms with Crippen LogP contribution in [-0.2, 0) is 33.2 Å². The second kappa shape index (κ2) is 14.6. The van der Waals surface area contributed by atoms with Crippen molar-refractivity contribution < 1.29 is 28.3 Å². The maximum absolute atomic E-state index is 13.6. The molecular formula is C33H42BN3O6. The second-order valence-corrected chi connectivity index (χ2v) is 10.7. The second-order valence-electron chi connectivity index (χ2n) is 10.7. The summed E-state index contributed by atoms with van der Waals surface area (Å²) in [5.41, 5.74) is 5.57. The van der Waals surface area contributed by atoms with Crippen LogP contribution >= 0.6 is 0 Å². The Labute approximate surface area is 255 Å². The SMILES string of the molecule is CCc1cccc(C(=O)OB(OC(=O)c2cccc(CC)c2N(C)C)OC(=O)c2cccc(CC)c2N(C)C)c1N(C)C. The maximum Gasteiger partial charge on any atom is 0.870 e. The van der Waals surface area contributed by atoms with Crippen LogP contribution in [0.5, 0.6) is 0 Å². The molecule has 3 aromatic rings. The Morgan fingerprint density at radius 3 is 0.977 bits per heavy atom. The first kappa shape index (κ1) is 33.0. The van der Waals surface area contributed by atoms with Crippen molar-refractivity contribution in [1.29, 1.82) is 0 Å². The molecule has 0 aliphatic heterocycles. The van der Waals surface area contributed by atoms with E-state index in [1.54, 1.807) is 36.4 Å². The topological polar surface area (TPSA) is 88.6 Å². The van der Waals surface area contributed by atoms with E-state index in [-0.39, 0.29) is 16.7 Å². The third kappa shape index (κ3) is 7.49. The molecule has 0 saturated heterocycles. The van der Waals surface area contributed by atoms with E-state index in [9.17, 15) is 14.4 Å². The number of aryl methyl sites for hydroxylation is 3. The minimum atomic E-state index is -1.95. The molecule has 0 aliphatic rings. The first-order valence-corrected chi connectivity index (χ1v) is 14.4. The molecular weight excluding hydrogens is 545 g/mol. The van der Waals surface area contributed by atoms with Gasteiger partial charge < -0.3 is 28.7 Å². The molecule has 0 unspecified atom stereocenters. The van der Waals surface area contributed by atoms with E-state index in [4.69, 9.17) is 14.0 Å². The van der Waals surface area contributed by atoms with Crippen molar-refractivity contribution in [3.05, 3.63) is 88.0 Å². The molecule has 10 heteroatoms. The van der Waals surface area contributed by atoms with Crippen LogP contribution < -0.4 is 14.7 Å². The van der Waals surface area contributed by atoms with Gasteiger partial charge in [0.15, 0.2) is 0 Å². The highest BCUT2D eigenvalue weighted by Crippen LogP contribution is 2.29. The molecule has 228 valence electrons. The Kier molecular flexibility index (Phi) is 11.2. The number of benzene rings is 3. The van der Waals surface area contributed by atoms with Crippen molar-refractivity contribution in [3.8, 4) is 0 Å². The maximum atomic E-state index is 13.6. The largest absolute Gasteiger partial charge is 0.870 e. The van der Waals surface area contributed by atoms with Crippen LogP contribution in [0.1, 0.15) is 68.5 Å². The van der Waals surface area contributed by atoms with Gasteiger partial charge in [-0.1, -0.05) is 57.2 Å². The molecule has 43 heavy (non-hydrogen) atoms. The smallest absolute Gasteiger partial charge is 0.458 e. The van der Waals surface area contributed by atoms with Gasteiger partial charge in [-0.15, -0.1) is 0 Å². The molecule has 0 fully saturated rings. The van der Waals surface area contributed by atoms with Crippen LogP contribution in [-0.4, -0.2) is 67.5 Å². The lowest BCUT2D eigenvalue weighted by molar-refractivity contribution is 0.0411. The van der Waals surface area contributed by atoms with Gasteiger partial charge >= 0.3 is 25.2 Å². The summed E-state index contributed by atoms with van der Waals surface area (Å²) in [5, 5.41) is 0. The number of carbonyl (C=O) groups excluding carboxylic acids is 3. The fourth-order valence-corrected chi connectivity index (χ4v) is 5.23. The third-order valence-electron chi connectivity index (χ3n) is 7.11. The fourth-order valence-electron chi connectivity index (χ4n) is 5.23. The fraction of sp³-hybridized carbons (Fsp3) is 0.364. The molecule has 0 aromatic heterocycles. The lowest BCUT2D eigenvalue weighted by Crippen LogP contribution is -2.36. The summed E-state index contributed by atoms with van der Waals surface area (Å²) in [5.74, 6) is -2.39. The van der Waals surface area contributed by atoms with E-state index in [0.29, 0.717) is 36.3 Å². The Morgan fingerprint density at radius 1 is 0.512 bits per heavy atom. The molecule has 0 spiro atoms. The van der Waals surface area contributed by atoms with Crippen molar-refractivity contribution >= 4 is 42.3 Å². The zero-order valence-electron chi connectivity index (χ0n) is 26.7. The number of rotatable bonds is 12. The quantitative estimate of drug-likeness (QED) is 0.258. The summed E-state index contributed by atoms with van der Waals surface area (Å²) >= 11 is 0. The first-order chi connectivity index (χ1) is 20.4. The normalized spacial score (nSPS) is 10.5. The summed E-state index contributed by atoms with van der Waals surface area (Å²) < 4.78 is 16.9. The van der Waals surface area contributed by atoms with E-state index in [2.05, 4.69) is 0 Å². The molecule has 3 aromatic carbocycles. The molecule has 0 bridgehead atoms. The van der Waals surface area contributed by atoms with E-state index >= 15 is 0 Å². The molecule has 0 N–H and O–H groups in total. The van der Waals surface area contributed by atoms with Gasteiger partial charge in [0.1, 0.15) is 0 Å². The molecule has 0 heterocycles. The summed E-state index contributed by atoms with van der Waals surface area (Å²) in [4.78, 5) is 46.2. The van der Waals surface area contributed by atoms with Gasteiger partial charge in [0.2, 0.25) is 0 Å². The number of hydrogen-bond donors (Lipinski definition) is 0. The zero-order chi connectivity index (χ0) is 31.8. The van der Waals surface area contributed by atoms with Crippen molar-refractivity contribution in [3.63, 3.8) is 0 Å². The lowest BCUT2D eigenvalue weighted by atomic mass is 10.0. The molecule has 0 amide bonds. The Balaban J connectivity index is 2.05. The lowest BCUT2D eigenvalue weighted by Gasteiger charge is -2.23. The van der Waals surface area contributed by atoms with Gasteiger partial charge in [0.05, 0.1) is 33.8 Å². The predicted octanol–water partition coefficient (Wildman–Crippen LogP) is 5.43. The average molecular weight is 588 g/mol. The average Bonchev–Trinajstić information content (AvgIpc) is 2.99. The molecule has 0 radical (unpaired) electrons. The summed E-state index contributed by atoms with van der Waals surface area (Å²) in [6.07, 6.45) is 2.05. The van der Waals surface area contributed by atoms with Crippen LogP contribution in [0, 0.1) is 0 Å². The highest BCUT2D eigenvalue weighted by Gasteiger charge is 2.39. The number of para-hydroxylation sites is 3. The molecule has 0 saturated carbocycles. The third-order valence-corrected chi connectivity index (χ3v) is 7.11. The molecule has 0 atom stereocenters. The van der Waals surface area contributed by atoms with Gasteiger partial charge in [-0.05, 0) is 54.2 Å². The minimum absolute atomic E-state index is 0.255. The Morgan fingerprint density at radius 2 is 0.767 bits per heavy atom. The van der Waals surface area contributed by atoms with Gasteiger partial charge in [-0.3, -0.25) is 0 Å². The van der Waals surface area contributed by atoms with Crippen LogP contribution in [0.3, 0.4) is 0 Å². The predicted molar refractivity (Wildman–Crippen MR) is 172 cm³/mol. The summed E-state index contributed by atoms with van der Waals surface area (Å²) in [7, 11) is 9.02. The summed E-state index contributed by atoms with van der Waals surface area (Å²) in [6.45, 7) is 5.97. The van der Waals surface area contributed by atoms with Gasteiger partial charge in [-0.25, -0.2) is 14.4 Å². The van der Waals surface area contributed by atoms with Crippen LogP contribution in [0.15, 0.2) is 54.6 Å². The number of anilines is 3. The Bertz CT molecular complexity index is 1300. The monoisotopic (exact) mass is 587 g/mol. The number of hydrogen-bond acceptors (Lipinski definition) is 9. The van der Waals surface area contributed by atoms with Gasteiger partial charge in [0.25, 0.3) is 0 Å². The van der Waals surface area contributed by atoms with Crippen LogP contribution in [0.4, 0.5) is 17.1 Å². The van der Waals surface area contributed by atoms with E-state index in [1.807, 2.05) is 96.0 Å². The van der Waals surface area contributed by atoms with Crippen LogP contribution in [0.2, 0.25) is 0 Å². The van der Waals surface area contributed by atoms with E-state index in [1.165, 1.54) is 0 Å². The van der Waals surface area contributed by atoms with Crippen molar-refractivity contribution in [2.24, 2.45) is 0 Å². The molecule has 0 aliphatic carbocycles. The van der Waals surface area contributed by atoms with E-state index in [0.717, 1.165) is 16.7 Å². The first-order valence-electron chi connectivity index (χ1n) is 14.4. The standard InChI is InChI=1S/C33H42BN3O6/c1-10-22-16-13-19-25(28(22)35(4)5)31(38)41-34(42-32(39)26-20-14-17-23(11-2)29(26)36(6)7)43-33(40)27-21-15-18-24(12-3)30(27)37(8)9/h13-21H,10-12H2,1-9H3.